The van der Waals surface area contributed by atoms with E-state index in [0.29, 0.717) is 12.0 Å². The monoisotopic (exact) mass is 306 g/mol. The van der Waals surface area contributed by atoms with E-state index in [2.05, 4.69) is 34.7 Å². The van der Waals surface area contributed by atoms with Gasteiger partial charge < -0.3 is 9.30 Å². The Bertz CT molecular complexity index is 602. The van der Waals surface area contributed by atoms with Gasteiger partial charge in [-0.1, -0.05) is 25.3 Å². The highest BCUT2D eigenvalue weighted by atomic mass is 35.5. The molecule has 1 aromatic carbocycles. The molecule has 0 radical (unpaired) electrons. The quantitative estimate of drug-likeness (QED) is 0.764. The normalized spacial score (nSPS) is 16.7. The summed E-state index contributed by atoms with van der Waals surface area (Å²) in [6, 6.07) is 6.34. The Hall–Kier alpha value is -1.06. The number of hydrogen-bond acceptors (Lipinski definition) is 2. The Balaban J connectivity index is 1.71. The summed E-state index contributed by atoms with van der Waals surface area (Å²) in [6.45, 7) is 3.68. The van der Waals surface area contributed by atoms with E-state index in [4.69, 9.17) is 16.3 Å². The van der Waals surface area contributed by atoms with E-state index in [9.17, 15) is 0 Å². The number of aryl methyl sites for hydroxylation is 1. The van der Waals surface area contributed by atoms with Crippen LogP contribution in [0, 0.1) is 6.92 Å². The van der Waals surface area contributed by atoms with Crippen LogP contribution in [0.1, 0.15) is 43.5 Å². The fourth-order valence-corrected chi connectivity index (χ4v) is 3.38. The van der Waals surface area contributed by atoms with E-state index < -0.39 is 0 Å². The molecule has 3 rings (SSSR count). The molecule has 114 valence electrons. The van der Waals surface area contributed by atoms with Crippen molar-refractivity contribution in [2.45, 2.75) is 57.6 Å². The molecule has 1 saturated carbocycles. The van der Waals surface area contributed by atoms with Crippen LogP contribution in [0.5, 0.6) is 0 Å². The SMILES string of the molecule is Cc1ccc2nc(CCl)n(CCOC3CCCCC3)c2c1. The van der Waals surface area contributed by atoms with E-state index in [1.165, 1.54) is 37.7 Å². The van der Waals surface area contributed by atoms with Gasteiger partial charge in [0.15, 0.2) is 0 Å². The minimum Gasteiger partial charge on any atom is -0.376 e. The maximum atomic E-state index is 6.05. The lowest BCUT2D eigenvalue weighted by molar-refractivity contribution is 0.0242. The second-order valence-corrected chi connectivity index (χ2v) is 6.20. The van der Waals surface area contributed by atoms with Gasteiger partial charge >= 0.3 is 0 Å². The van der Waals surface area contributed by atoms with Crippen LogP contribution in [0.3, 0.4) is 0 Å². The van der Waals surface area contributed by atoms with Gasteiger partial charge in [0, 0.05) is 6.54 Å². The van der Waals surface area contributed by atoms with Gasteiger partial charge in [-0.2, -0.15) is 0 Å². The third-order valence-electron chi connectivity index (χ3n) is 4.32. The zero-order valence-corrected chi connectivity index (χ0v) is 13.4. The van der Waals surface area contributed by atoms with Gasteiger partial charge in [0.2, 0.25) is 0 Å². The maximum absolute atomic E-state index is 6.05. The summed E-state index contributed by atoms with van der Waals surface area (Å²) >= 11 is 6.05. The first-order valence-corrected chi connectivity index (χ1v) is 8.44. The van der Waals surface area contributed by atoms with Crippen LogP contribution in [-0.2, 0) is 17.2 Å². The van der Waals surface area contributed by atoms with Crippen molar-refractivity contribution >= 4 is 22.6 Å². The number of aromatic nitrogens is 2. The minimum absolute atomic E-state index is 0.442. The lowest BCUT2D eigenvalue weighted by Crippen LogP contribution is -2.19. The van der Waals surface area contributed by atoms with Gasteiger partial charge in [-0.25, -0.2) is 4.98 Å². The molecule has 2 aromatic rings. The molecule has 1 heterocycles. The smallest absolute Gasteiger partial charge is 0.124 e. The molecule has 21 heavy (non-hydrogen) atoms. The van der Waals surface area contributed by atoms with Gasteiger partial charge in [-0.15, -0.1) is 11.6 Å². The summed E-state index contributed by atoms with van der Waals surface area (Å²) < 4.78 is 8.25. The molecule has 0 saturated heterocycles. The van der Waals surface area contributed by atoms with Crippen molar-refractivity contribution in [3.63, 3.8) is 0 Å². The van der Waals surface area contributed by atoms with Crippen LogP contribution < -0.4 is 0 Å². The molecule has 1 aliphatic carbocycles. The molecule has 3 nitrogen and oxygen atoms in total. The summed E-state index contributed by atoms with van der Waals surface area (Å²) in [5.41, 5.74) is 3.43. The lowest BCUT2D eigenvalue weighted by Gasteiger charge is -2.22. The average molecular weight is 307 g/mol. The zero-order valence-electron chi connectivity index (χ0n) is 12.6. The van der Waals surface area contributed by atoms with E-state index in [1.807, 2.05) is 0 Å². The Morgan fingerprint density at radius 3 is 2.86 bits per heavy atom. The topological polar surface area (TPSA) is 27.1 Å². The molecule has 1 aromatic heterocycles. The molecule has 0 unspecified atom stereocenters. The summed E-state index contributed by atoms with van der Waals surface area (Å²) in [7, 11) is 0. The molecule has 0 bridgehead atoms. The molecule has 1 fully saturated rings. The highest BCUT2D eigenvalue weighted by Crippen LogP contribution is 2.22. The molecule has 0 atom stereocenters. The Labute approximate surface area is 131 Å². The minimum atomic E-state index is 0.442. The number of rotatable bonds is 5. The molecule has 0 spiro atoms. The predicted molar refractivity (Wildman–Crippen MR) is 86.9 cm³/mol. The van der Waals surface area contributed by atoms with Crippen molar-refractivity contribution in [2.24, 2.45) is 0 Å². The van der Waals surface area contributed by atoms with Crippen LogP contribution in [-0.4, -0.2) is 22.3 Å². The number of nitrogens with zero attached hydrogens (tertiary/aromatic N) is 2. The number of hydrogen-bond donors (Lipinski definition) is 0. The number of benzene rings is 1. The Kier molecular flexibility index (Phi) is 4.81. The average Bonchev–Trinajstić information content (AvgIpc) is 2.86. The summed E-state index contributed by atoms with van der Waals surface area (Å²) in [5, 5.41) is 0. The van der Waals surface area contributed by atoms with E-state index in [1.54, 1.807) is 0 Å². The third-order valence-corrected chi connectivity index (χ3v) is 4.56. The fraction of sp³-hybridized carbons (Fsp3) is 0.588. The molecular weight excluding hydrogens is 284 g/mol. The lowest BCUT2D eigenvalue weighted by atomic mass is 9.98. The highest BCUT2D eigenvalue weighted by molar-refractivity contribution is 6.16. The summed E-state index contributed by atoms with van der Waals surface area (Å²) in [5.74, 6) is 1.38. The van der Waals surface area contributed by atoms with E-state index >= 15 is 0 Å². The standard InChI is InChI=1S/C17H23ClN2O/c1-13-7-8-15-16(11-13)20(17(12-18)19-15)9-10-21-14-5-3-2-4-6-14/h7-8,11,14H,2-6,9-10,12H2,1H3. The number of fused-ring (bicyclic) bond motifs is 1. The van der Waals surface area contributed by atoms with Gasteiger partial charge in [0.1, 0.15) is 5.82 Å². The first-order valence-electron chi connectivity index (χ1n) is 7.91. The van der Waals surface area contributed by atoms with Crippen molar-refractivity contribution in [3.05, 3.63) is 29.6 Å². The summed E-state index contributed by atoms with van der Waals surface area (Å²) in [4.78, 5) is 4.61. The highest BCUT2D eigenvalue weighted by Gasteiger charge is 2.14. The predicted octanol–water partition coefficient (Wildman–Crippen LogP) is 4.43. The Morgan fingerprint density at radius 2 is 2.10 bits per heavy atom. The Morgan fingerprint density at radius 1 is 1.29 bits per heavy atom. The van der Waals surface area contributed by atoms with Crippen LogP contribution in [0.15, 0.2) is 18.2 Å². The third kappa shape index (κ3) is 3.41. The van der Waals surface area contributed by atoms with Crippen LogP contribution in [0.4, 0.5) is 0 Å². The number of ether oxygens (including phenoxy) is 1. The maximum Gasteiger partial charge on any atom is 0.124 e. The zero-order chi connectivity index (χ0) is 14.7. The molecule has 4 heteroatoms. The van der Waals surface area contributed by atoms with E-state index in [0.717, 1.165) is 30.0 Å². The van der Waals surface area contributed by atoms with E-state index in [-0.39, 0.29) is 0 Å². The number of alkyl halides is 1. The molecule has 1 aliphatic rings. The van der Waals surface area contributed by atoms with Crippen LogP contribution in [0.2, 0.25) is 0 Å². The van der Waals surface area contributed by atoms with Crippen molar-refractivity contribution in [1.82, 2.24) is 9.55 Å². The van der Waals surface area contributed by atoms with Gasteiger partial charge in [0.05, 0.1) is 29.6 Å². The fourth-order valence-electron chi connectivity index (χ4n) is 3.18. The van der Waals surface area contributed by atoms with Gasteiger partial charge in [-0.3, -0.25) is 0 Å². The van der Waals surface area contributed by atoms with Gasteiger partial charge in [0.25, 0.3) is 0 Å². The second-order valence-electron chi connectivity index (χ2n) is 5.94. The van der Waals surface area contributed by atoms with Crippen LogP contribution >= 0.6 is 11.6 Å². The first-order chi connectivity index (χ1) is 10.3. The van der Waals surface area contributed by atoms with Crippen molar-refractivity contribution < 1.29 is 4.74 Å². The van der Waals surface area contributed by atoms with Crippen LogP contribution in [0.25, 0.3) is 11.0 Å². The molecular formula is C17H23ClN2O. The molecule has 0 aliphatic heterocycles. The first kappa shape index (κ1) is 14.9. The molecule has 0 N–H and O–H groups in total. The van der Waals surface area contributed by atoms with Crippen molar-refractivity contribution in [2.75, 3.05) is 6.61 Å². The largest absolute Gasteiger partial charge is 0.376 e. The number of imidazole rings is 1. The second kappa shape index (κ2) is 6.80. The summed E-state index contributed by atoms with van der Waals surface area (Å²) in [6.07, 6.45) is 6.87. The van der Waals surface area contributed by atoms with Gasteiger partial charge in [-0.05, 0) is 37.5 Å². The van der Waals surface area contributed by atoms with Crippen molar-refractivity contribution in [1.29, 1.82) is 0 Å². The molecule has 0 amide bonds. The number of halogens is 1. The van der Waals surface area contributed by atoms with Crippen molar-refractivity contribution in [3.8, 4) is 0 Å².